The van der Waals surface area contributed by atoms with Crippen LogP contribution in [0, 0.1) is 33.5 Å². The van der Waals surface area contributed by atoms with Crippen molar-refractivity contribution in [3.63, 3.8) is 0 Å². The van der Waals surface area contributed by atoms with Crippen molar-refractivity contribution in [2.45, 2.75) is 127 Å². The first-order valence-corrected chi connectivity index (χ1v) is 17.9. The second kappa shape index (κ2) is 15.6. The normalized spacial score (nSPS) is 24.1. The molecule has 0 heterocycles. The summed E-state index contributed by atoms with van der Waals surface area (Å²) in [5.74, 6) is -2.95. The molecule has 3 rings (SSSR count). The van der Waals surface area contributed by atoms with Crippen LogP contribution in [0.2, 0.25) is 0 Å². The monoisotopic (exact) mass is 666 g/mol. The quantitative estimate of drug-likeness (QED) is 0.153. The van der Waals surface area contributed by atoms with E-state index in [0.29, 0.717) is 12.8 Å². The van der Waals surface area contributed by atoms with E-state index in [1.54, 1.807) is 13.8 Å². The first-order chi connectivity index (χ1) is 22.2. The Balaban J connectivity index is 1.78. The van der Waals surface area contributed by atoms with Crippen molar-refractivity contribution < 1.29 is 28.7 Å². The van der Waals surface area contributed by atoms with E-state index in [1.807, 2.05) is 53.7 Å². The van der Waals surface area contributed by atoms with E-state index in [4.69, 9.17) is 9.47 Å². The maximum Gasteiger partial charge on any atom is 0.320 e. The van der Waals surface area contributed by atoms with Gasteiger partial charge in [-0.1, -0.05) is 74.5 Å². The Morgan fingerprint density at radius 1 is 0.771 bits per heavy atom. The Kier molecular flexibility index (Phi) is 12.8. The number of carbonyl (C=O) groups is 4. The van der Waals surface area contributed by atoms with Crippen molar-refractivity contribution in [3.05, 3.63) is 46.8 Å². The van der Waals surface area contributed by atoms with Crippen LogP contribution in [-0.2, 0) is 28.7 Å². The van der Waals surface area contributed by atoms with Crippen LogP contribution in [0.3, 0.4) is 0 Å². The molecule has 3 aliphatic rings. The molecule has 8 heteroatoms. The van der Waals surface area contributed by atoms with E-state index in [1.165, 1.54) is 0 Å². The lowest BCUT2D eigenvalue weighted by Crippen LogP contribution is -2.48. The molecule has 3 aliphatic carbocycles. The van der Waals surface area contributed by atoms with Gasteiger partial charge in [0.15, 0.2) is 11.6 Å². The second-order valence-corrected chi connectivity index (χ2v) is 17.2. The molecule has 1 fully saturated rings. The van der Waals surface area contributed by atoms with Gasteiger partial charge in [0.25, 0.3) is 0 Å². The number of nitrogens with one attached hydrogen (secondary N) is 2. The van der Waals surface area contributed by atoms with Crippen molar-refractivity contribution in [2.75, 3.05) is 19.8 Å². The molecule has 0 aromatic rings. The number of rotatable bonds is 13. The molecular formula is C40H62N2O6. The predicted molar refractivity (Wildman–Crippen MR) is 191 cm³/mol. The van der Waals surface area contributed by atoms with E-state index >= 15 is 0 Å². The Labute approximate surface area is 289 Å². The minimum absolute atomic E-state index is 0.0368. The van der Waals surface area contributed by atoms with Crippen LogP contribution in [0.15, 0.2) is 46.8 Å². The molecule has 0 bridgehead atoms. The van der Waals surface area contributed by atoms with Crippen molar-refractivity contribution in [1.29, 1.82) is 0 Å². The Morgan fingerprint density at radius 2 is 1.23 bits per heavy atom. The van der Waals surface area contributed by atoms with Crippen LogP contribution in [0.1, 0.15) is 121 Å². The summed E-state index contributed by atoms with van der Waals surface area (Å²) in [7, 11) is 0. The number of ether oxygens (including phenoxy) is 2. The fourth-order valence-corrected chi connectivity index (χ4v) is 7.72. The zero-order valence-corrected chi connectivity index (χ0v) is 31.6. The van der Waals surface area contributed by atoms with Gasteiger partial charge in [-0.25, -0.2) is 0 Å². The van der Waals surface area contributed by atoms with Crippen LogP contribution in [0.5, 0.6) is 0 Å². The number of Topliss-reactive ketones (excluding diaryl/α,β-unsaturated/α-hetero) is 2. The maximum atomic E-state index is 13.4. The molecule has 48 heavy (non-hydrogen) atoms. The minimum atomic E-state index is -0.892. The van der Waals surface area contributed by atoms with E-state index in [2.05, 4.69) is 43.6 Å². The van der Waals surface area contributed by atoms with Gasteiger partial charge in [0.1, 0.15) is 11.8 Å². The summed E-state index contributed by atoms with van der Waals surface area (Å²) in [4.78, 5) is 52.8. The summed E-state index contributed by atoms with van der Waals surface area (Å²) < 4.78 is 10.7. The largest absolute Gasteiger partial charge is 0.465 e. The third-order valence-corrected chi connectivity index (χ3v) is 9.60. The van der Waals surface area contributed by atoms with Crippen molar-refractivity contribution in [2.24, 2.45) is 33.5 Å². The molecule has 0 saturated heterocycles. The first kappa shape index (κ1) is 39.3. The topological polar surface area (TPSA) is 111 Å². The van der Waals surface area contributed by atoms with E-state index in [0.717, 1.165) is 61.2 Å². The molecular weight excluding hydrogens is 604 g/mol. The molecule has 4 unspecified atom stereocenters. The van der Waals surface area contributed by atoms with Crippen LogP contribution in [0.25, 0.3) is 0 Å². The second-order valence-electron chi connectivity index (χ2n) is 17.2. The van der Waals surface area contributed by atoms with Gasteiger partial charge in [0.2, 0.25) is 0 Å². The highest BCUT2D eigenvalue weighted by Crippen LogP contribution is 2.46. The Bertz CT molecular complexity index is 1350. The van der Waals surface area contributed by atoms with Crippen molar-refractivity contribution in [1.82, 2.24) is 10.6 Å². The summed E-state index contributed by atoms with van der Waals surface area (Å²) >= 11 is 0. The average Bonchev–Trinajstić information content (AvgIpc) is 2.95. The molecule has 0 amide bonds. The van der Waals surface area contributed by atoms with Crippen molar-refractivity contribution >= 4 is 23.5 Å². The number of carbonyl (C=O) groups excluding carboxylic acids is 4. The lowest BCUT2D eigenvalue weighted by atomic mass is 9.62. The lowest BCUT2D eigenvalue weighted by Gasteiger charge is -2.47. The van der Waals surface area contributed by atoms with Gasteiger partial charge < -0.3 is 20.1 Å². The number of esters is 2. The number of hydrogen-bond acceptors (Lipinski definition) is 8. The summed E-state index contributed by atoms with van der Waals surface area (Å²) in [5, 5.41) is 7.47. The highest BCUT2D eigenvalue weighted by molar-refractivity contribution is 6.05. The van der Waals surface area contributed by atoms with E-state index < -0.39 is 34.6 Å². The van der Waals surface area contributed by atoms with E-state index in [-0.39, 0.29) is 41.7 Å². The number of ketones is 2. The fourth-order valence-electron chi connectivity index (χ4n) is 7.72. The summed E-state index contributed by atoms with van der Waals surface area (Å²) in [6.45, 7) is 22.8. The molecule has 1 saturated carbocycles. The van der Waals surface area contributed by atoms with Gasteiger partial charge >= 0.3 is 11.9 Å². The standard InChI is InChI=1S/C40H62N2O6/c1-12-47-35(45)31(33(43)37(3,4)5)26-16-14-18-28(20-26)41-25-40(11)23-30(22-39(9,10)24-40)42-29-19-15-17-27(21-29)32(36(46)48-13-2)34(44)38(6,7)8/h18-21,30-32,41-42H,12-17,22-25H2,1-11H3. The third-order valence-electron chi connectivity index (χ3n) is 9.60. The molecule has 0 spiro atoms. The number of hydrogen-bond donors (Lipinski definition) is 2. The van der Waals surface area contributed by atoms with Crippen molar-refractivity contribution in [3.8, 4) is 0 Å². The molecule has 0 aromatic carbocycles. The third kappa shape index (κ3) is 10.4. The SMILES string of the molecule is CCOC(=O)C(C(=O)C(C)(C)C)C1=CC(NCC2(C)CC(NC3=CCCC(C(C(=O)OCC)C(=O)C(C)(C)C)=C3)CC(C)(C)C2)=CCC1. The zero-order chi connectivity index (χ0) is 36.1. The predicted octanol–water partition coefficient (Wildman–Crippen LogP) is 7.55. The van der Waals surface area contributed by atoms with Crippen LogP contribution in [0.4, 0.5) is 0 Å². The van der Waals surface area contributed by atoms with Gasteiger partial charge in [-0.05, 0) is 92.9 Å². The summed E-state index contributed by atoms with van der Waals surface area (Å²) in [5.41, 5.74) is 2.24. The highest BCUT2D eigenvalue weighted by atomic mass is 16.5. The molecule has 0 aliphatic heterocycles. The average molecular weight is 667 g/mol. The smallest absolute Gasteiger partial charge is 0.320 e. The first-order valence-electron chi connectivity index (χ1n) is 17.9. The highest BCUT2D eigenvalue weighted by Gasteiger charge is 2.43. The lowest BCUT2D eigenvalue weighted by molar-refractivity contribution is -0.153. The van der Waals surface area contributed by atoms with Crippen LogP contribution >= 0.6 is 0 Å². The Hall–Kier alpha value is -3.16. The molecule has 4 atom stereocenters. The van der Waals surface area contributed by atoms with Gasteiger partial charge in [-0.3, -0.25) is 19.2 Å². The van der Waals surface area contributed by atoms with Gasteiger partial charge in [-0.2, -0.15) is 0 Å². The summed E-state index contributed by atoms with van der Waals surface area (Å²) in [6.07, 6.45) is 14.1. The van der Waals surface area contributed by atoms with Gasteiger partial charge in [0.05, 0.1) is 13.2 Å². The molecule has 8 nitrogen and oxygen atoms in total. The zero-order valence-electron chi connectivity index (χ0n) is 31.6. The fraction of sp³-hybridized carbons (Fsp3) is 0.700. The van der Waals surface area contributed by atoms with E-state index in [9.17, 15) is 19.2 Å². The van der Waals surface area contributed by atoms with Crippen LogP contribution < -0.4 is 10.6 Å². The van der Waals surface area contributed by atoms with Gasteiger partial charge in [-0.15, -0.1) is 0 Å². The maximum absolute atomic E-state index is 13.4. The van der Waals surface area contributed by atoms with Crippen LogP contribution in [-0.4, -0.2) is 49.3 Å². The molecule has 2 N–H and O–H groups in total. The minimum Gasteiger partial charge on any atom is -0.465 e. The number of allylic oxidation sites excluding steroid dienone is 4. The summed E-state index contributed by atoms with van der Waals surface area (Å²) in [6, 6.07) is 0.200. The molecule has 0 aromatic heterocycles. The van der Waals surface area contributed by atoms with Gasteiger partial charge in [0, 0.05) is 34.8 Å². The molecule has 268 valence electrons. The molecule has 0 radical (unpaired) electrons. The Morgan fingerprint density at radius 3 is 1.69 bits per heavy atom.